The van der Waals surface area contributed by atoms with E-state index < -0.39 is 54.3 Å². The van der Waals surface area contributed by atoms with Crippen molar-refractivity contribution in [2.24, 2.45) is 16.9 Å². The first-order valence-corrected chi connectivity index (χ1v) is 21.6. The molecule has 1 aliphatic rings. The molecule has 5 rings (SSSR count). The van der Waals surface area contributed by atoms with Gasteiger partial charge < -0.3 is 62.5 Å². The molecule has 0 spiro atoms. The van der Waals surface area contributed by atoms with Gasteiger partial charge in [0.25, 0.3) is 5.91 Å². The predicted octanol–water partition coefficient (Wildman–Crippen LogP) is 2.63. The maximum atomic E-state index is 14.4. The Morgan fingerprint density at radius 2 is 1.61 bits per heavy atom. The van der Waals surface area contributed by atoms with Gasteiger partial charge in [-0.3, -0.25) is 19.2 Å². The number of phenolic OH excluding ortho intramolecular Hbond substituents is 1. The lowest BCUT2D eigenvalue weighted by molar-refractivity contribution is -0.142. The number of rotatable bonds is 17. The fourth-order valence-electron chi connectivity index (χ4n) is 6.89. The molecule has 0 aliphatic carbocycles. The average molecular weight is 913 g/mol. The second-order valence-corrected chi connectivity index (χ2v) is 17.1. The van der Waals surface area contributed by atoms with Crippen LogP contribution in [-0.2, 0) is 25.6 Å². The number of aliphatic carboxylic acids is 1. The van der Waals surface area contributed by atoms with E-state index in [1.807, 2.05) is 0 Å². The standard InChI is InChI=1S/C46H60N10O10/c1-25-37(40(49)55-41(52-25)28-10-12-35(50-23-28)66-18-13-46(3,4)5)43(60)51-24-36(57)56(6)38-29-21-31(39(58)34(22-29)65-17-8-15-48)30-19-27(9-11-33(30)64-16-7-14-47)20-32(45(62)63)54-42(59)26(2)53-44(38)61/h9-12,19,21-23,26,32,38,58H,7-8,13-18,20,24,47-48H2,1-6H3,(H,51,60)(H,53,61)(H,54,59)(H,62,63)(H2,49,52,55)/t26-,32-,38-/m0/s1. The number of carbonyl (C=O) groups excluding carboxylic acids is 4. The molecule has 0 radical (unpaired) electrons. The Labute approximate surface area is 383 Å². The fourth-order valence-corrected chi connectivity index (χ4v) is 6.89. The number of ether oxygens (including phenoxy) is 3. The Morgan fingerprint density at radius 3 is 2.23 bits per heavy atom. The highest BCUT2D eigenvalue weighted by molar-refractivity contribution is 6.01. The number of aromatic nitrogens is 3. The molecular formula is C46H60N10O10. The minimum Gasteiger partial charge on any atom is -0.504 e. The minimum atomic E-state index is -1.53. The molecule has 20 heteroatoms. The number of amides is 4. The number of pyridine rings is 1. The highest BCUT2D eigenvalue weighted by atomic mass is 16.5. The van der Waals surface area contributed by atoms with E-state index in [1.165, 1.54) is 32.3 Å². The molecule has 3 atom stereocenters. The molecular weight excluding hydrogens is 853 g/mol. The lowest BCUT2D eigenvalue weighted by atomic mass is 9.93. The molecule has 11 N–H and O–H groups in total. The summed E-state index contributed by atoms with van der Waals surface area (Å²) in [5.74, 6) is -4.13. The van der Waals surface area contributed by atoms with Crippen LogP contribution in [0.1, 0.15) is 80.2 Å². The highest BCUT2D eigenvalue weighted by Crippen LogP contribution is 2.44. The topological polar surface area (TPSA) is 310 Å². The maximum Gasteiger partial charge on any atom is 0.326 e. The van der Waals surface area contributed by atoms with Gasteiger partial charge in [0.2, 0.25) is 23.6 Å². The van der Waals surface area contributed by atoms with E-state index in [1.54, 1.807) is 37.3 Å². The number of carboxylic acids is 1. The Hall–Kier alpha value is -7.06. The number of phenols is 1. The van der Waals surface area contributed by atoms with Crippen molar-refractivity contribution < 1.29 is 48.4 Å². The molecule has 4 bridgehead atoms. The van der Waals surface area contributed by atoms with Crippen molar-refractivity contribution in [3.05, 3.63) is 71.0 Å². The SMILES string of the molecule is Cc1nc(-c2ccc(OCCC(C)(C)C)nc2)nc(N)c1C(=O)NCC(=O)N(C)[C@@H]1C(=O)N[C@@H](C)C(=O)N[C@H](C(=O)O)Cc2ccc(OCCCN)c(c2)-c2cc1cc(OCCCN)c2O. The summed E-state index contributed by atoms with van der Waals surface area (Å²) in [6.45, 7) is 10.0. The van der Waals surface area contributed by atoms with Crippen molar-refractivity contribution in [1.29, 1.82) is 0 Å². The van der Waals surface area contributed by atoms with Crippen LogP contribution in [0.15, 0.2) is 48.7 Å². The van der Waals surface area contributed by atoms with Gasteiger partial charge in [-0.05, 0) is 93.1 Å². The summed E-state index contributed by atoms with van der Waals surface area (Å²) in [5.41, 5.74) is 19.6. The van der Waals surface area contributed by atoms with Gasteiger partial charge in [0, 0.05) is 42.4 Å². The molecule has 2 aromatic heterocycles. The summed E-state index contributed by atoms with van der Waals surface area (Å²) in [6, 6.07) is 6.91. The van der Waals surface area contributed by atoms with Gasteiger partial charge in [0.05, 0.1) is 32.1 Å². The zero-order valence-corrected chi connectivity index (χ0v) is 38.1. The van der Waals surface area contributed by atoms with Crippen LogP contribution >= 0.6 is 0 Å². The summed E-state index contributed by atoms with van der Waals surface area (Å²) in [4.78, 5) is 82.1. The first kappa shape index (κ1) is 49.9. The lowest BCUT2D eigenvalue weighted by Gasteiger charge is -2.30. The molecule has 20 nitrogen and oxygen atoms in total. The molecule has 0 unspecified atom stereocenters. The van der Waals surface area contributed by atoms with Crippen molar-refractivity contribution in [2.45, 2.75) is 78.4 Å². The van der Waals surface area contributed by atoms with Crippen LogP contribution in [-0.4, -0.2) is 118 Å². The van der Waals surface area contributed by atoms with Crippen LogP contribution in [0.4, 0.5) is 5.82 Å². The van der Waals surface area contributed by atoms with E-state index in [-0.39, 0.29) is 82.9 Å². The van der Waals surface area contributed by atoms with E-state index in [2.05, 4.69) is 51.7 Å². The highest BCUT2D eigenvalue weighted by Gasteiger charge is 2.34. The zero-order chi connectivity index (χ0) is 48.3. The largest absolute Gasteiger partial charge is 0.504 e. The number of anilines is 1. The van der Waals surface area contributed by atoms with Gasteiger partial charge >= 0.3 is 5.97 Å². The van der Waals surface area contributed by atoms with Crippen molar-refractivity contribution in [1.82, 2.24) is 35.8 Å². The molecule has 0 saturated carbocycles. The molecule has 66 heavy (non-hydrogen) atoms. The number of aromatic hydroxyl groups is 1. The van der Waals surface area contributed by atoms with Crippen molar-refractivity contribution >= 4 is 35.4 Å². The van der Waals surface area contributed by atoms with E-state index in [4.69, 9.17) is 31.4 Å². The van der Waals surface area contributed by atoms with Gasteiger partial charge in [0.15, 0.2) is 17.3 Å². The summed E-state index contributed by atoms with van der Waals surface area (Å²) < 4.78 is 17.8. The second kappa shape index (κ2) is 22.2. The molecule has 4 amide bonds. The number of hydrogen-bond acceptors (Lipinski definition) is 15. The van der Waals surface area contributed by atoms with E-state index in [0.29, 0.717) is 48.6 Å². The normalized spacial score (nSPS) is 16.3. The predicted molar refractivity (Wildman–Crippen MR) is 245 cm³/mol. The monoisotopic (exact) mass is 912 g/mol. The van der Waals surface area contributed by atoms with Crippen molar-refractivity contribution in [2.75, 3.05) is 52.2 Å². The third-order valence-corrected chi connectivity index (χ3v) is 10.6. The van der Waals surface area contributed by atoms with Crippen LogP contribution in [0.2, 0.25) is 0 Å². The van der Waals surface area contributed by atoms with Crippen LogP contribution in [0, 0.1) is 12.3 Å². The Morgan fingerprint density at radius 1 is 0.909 bits per heavy atom. The quantitative estimate of drug-likeness (QED) is 0.0706. The number of fused-ring (bicyclic) bond motifs is 5. The first-order valence-electron chi connectivity index (χ1n) is 21.6. The fraction of sp³-hybridized carbons (Fsp3) is 0.435. The summed E-state index contributed by atoms with van der Waals surface area (Å²) in [7, 11) is 1.32. The number of carboxylic acid groups (broad SMARTS) is 1. The number of nitrogens with zero attached hydrogens (tertiary/aromatic N) is 4. The number of benzene rings is 2. The zero-order valence-electron chi connectivity index (χ0n) is 38.1. The molecule has 0 fully saturated rings. The summed E-state index contributed by atoms with van der Waals surface area (Å²) in [5, 5.41) is 29.5. The molecule has 354 valence electrons. The van der Waals surface area contributed by atoms with E-state index in [9.17, 15) is 34.2 Å². The number of likely N-dealkylation sites (N-methyl/N-ethyl adjacent to an activating group) is 1. The number of hydrogen-bond donors (Lipinski definition) is 8. The average Bonchev–Trinajstić information content (AvgIpc) is 3.25. The summed E-state index contributed by atoms with van der Waals surface area (Å²) >= 11 is 0. The lowest BCUT2D eigenvalue weighted by Crippen LogP contribution is -2.53. The van der Waals surface area contributed by atoms with Crippen molar-refractivity contribution in [3.8, 4) is 45.6 Å². The second-order valence-electron chi connectivity index (χ2n) is 17.1. The Balaban J connectivity index is 1.48. The molecule has 2 aromatic carbocycles. The van der Waals surface area contributed by atoms with Gasteiger partial charge in [-0.15, -0.1) is 0 Å². The molecule has 0 saturated heterocycles. The van der Waals surface area contributed by atoms with Crippen LogP contribution < -0.4 is 47.4 Å². The smallest absolute Gasteiger partial charge is 0.326 e. The van der Waals surface area contributed by atoms with Crippen LogP contribution in [0.25, 0.3) is 22.5 Å². The maximum absolute atomic E-state index is 14.4. The number of nitrogen functional groups attached to an aromatic ring is 1. The van der Waals surface area contributed by atoms with Crippen molar-refractivity contribution in [3.63, 3.8) is 0 Å². The van der Waals surface area contributed by atoms with Gasteiger partial charge in [-0.2, -0.15) is 0 Å². The van der Waals surface area contributed by atoms with Crippen LogP contribution in [0.3, 0.4) is 0 Å². The Kier molecular flexibility index (Phi) is 16.8. The number of aryl methyl sites for hydroxylation is 1. The van der Waals surface area contributed by atoms with E-state index in [0.717, 1.165) is 11.3 Å². The molecule has 4 aromatic rings. The number of nitrogens with one attached hydrogen (secondary N) is 3. The number of carbonyl (C=O) groups is 5. The number of nitrogens with two attached hydrogens (primary N) is 3. The molecule has 3 heterocycles. The Bertz CT molecular complexity index is 2380. The molecule has 1 aliphatic heterocycles. The van der Waals surface area contributed by atoms with Gasteiger partial charge in [-0.1, -0.05) is 26.8 Å². The minimum absolute atomic E-state index is 0.0620. The van der Waals surface area contributed by atoms with Gasteiger partial charge in [0.1, 0.15) is 35.3 Å². The van der Waals surface area contributed by atoms with Crippen LogP contribution in [0.5, 0.6) is 23.1 Å². The third-order valence-electron chi connectivity index (χ3n) is 10.6. The first-order chi connectivity index (χ1) is 31.3. The summed E-state index contributed by atoms with van der Waals surface area (Å²) in [6.07, 6.45) is 3.11. The van der Waals surface area contributed by atoms with Gasteiger partial charge in [-0.25, -0.2) is 19.7 Å². The van der Waals surface area contributed by atoms with E-state index >= 15 is 0 Å². The third kappa shape index (κ3) is 12.8.